The van der Waals surface area contributed by atoms with E-state index in [1.165, 1.54) is 12.8 Å². The molecule has 2 unspecified atom stereocenters. The van der Waals surface area contributed by atoms with Gasteiger partial charge in [-0.15, -0.1) is 0 Å². The first kappa shape index (κ1) is 16.4. The van der Waals surface area contributed by atoms with Gasteiger partial charge in [0, 0.05) is 12.0 Å². The predicted octanol–water partition coefficient (Wildman–Crippen LogP) is 3.22. The Labute approximate surface area is 127 Å². The summed E-state index contributed by atoms with van der Waals surface area (Å²) in [6.45, 7) is 11.4. The third-order valence-corrected chi connectivity index (χ3v) is 4.52. The number of ether oxygens (including phenoxy) is 1. The van der Waals surface area contributed by atoms with Crippen molar-refractivity contribution in [3.8, 4) is 0 Å². The summed E-state index contributed by atoms with van der Waals surface area (Å²) in [4.78, 5) is 4.66. The third-order valence-electron chi connectivity index (χ3n) is 4.52. The molecule has 0 spiro atoms. The van der Waals surface area contributed by atoms with E-state index in [4.69, 9.17) is 9.26 Å². The highest BCUT2D eigenvalue weighted by Gasteiger charge is 2.37. The van der Waals surface area contributed by atoms with E-state index in [1.54, 1.807) is 0 Å². The first-order valence-electron chi connectivity index (χ1n) is 8.26. The van der Waals surface area contributed by atoms with Crippen LogP contribution in [0.4, 0.5) is 0 Å². The van der Waals surface area contributed by atoms with Crippen LogP contribution in [-0.2, 0) is 10.2 Å². The van der Waals surface area contributed by atoms with Gasteiger partial charge >= 0.3 is 0 Å². The summed E-state index contributed by atoms with van der Waals surface area (Å²) >= 11 is 0. The Balaban J connectivity index is 2.13. The maximum atomic E-state index is 5.74. The summed E-state index contributed by atoms with van der Waals surface area (Å²) in [5.41, 5.74) is -0.0956. The van der Waals surface area contributed by atoms with E-state index >= 15 is 0 Å². The van der Waals surface area contributed by atoms with Gasteiger partial charge < -0.3 is 14.6 Å². The molecule has 5 heteroatoms. The number of piperidine rings is 1. The average Bonchev–Trinajstić information content (AvgIpc) is 2.98. The van der Waals surface area contributed by atoms with Crippen molar-refractivity contribution >= 4 is 0 Å². The molecule has 1 saturated heterocycles. The standard InChI is InChI=1S/C16H29N3O2/c1-5-8-13(20-6-2)14-18-15(21-19-14)16(3,4)12-9-7-10-17-11-12/h12-13,17H,5-11H2,1-4H3. The summed E-state index contributed by atoms with van der Waals surface area (Å²) < 4.78 is 11.3. The molecule has 1 aromatic rings. The van der Waals surface area contributed by atoms with Gasteiger partial charge in [0.25, 0.3) is 0 Å². The molecule has 5 nitrogen and oxygen atoms in total. The van der Waals surface area contributed by atoms with Crippen LogP contribution in [0.2, 0.25) is 0 Å². The molecular formula is C16H29N3O2. The van der Waals surface area contributed by atoms with Gasteiger partial charge in [0.05, 0.1) is 0 Å². The molecule has 0 bridgehead atoms. The van der Waals surface area contributed by atoms with Crippen LogP contribution in [0.3, 0.4) is 0 Å². The van der Waals surface area contributed by atoms with Crippen LogP contribution in [0.5, 0.6) is 0 Å². The van der Waals surface area contributed by atoms with Crippen LogP contribution >= 0.6 is 0 Å². The zero-order valence-electron chi connectivity index (χ0n) is 13.8. The molecule has 1 fully saturated rings. The van der Waals surface area contributed by atoms with Crippen molar-refractivity contribution in [3.05, 3.63) is 11.7 Å². The van der Waals surface area contributed by atoms with Crippen molar-refractivity contribution in [2.45, 2.75) is 64.9 Å². The van der Waals surface area contributed by atoms with Crippen LogP contribution in [0.25, 0.3) is 0 Å². The maximum absolute atomic E-state index is 5.74. The normalized spacial score (nSPS) is 21.4. The van der Waals surface area contributed by atoms with Gasteiger partial charge in [0.2, 0.25) is 11.7 Å². The van der Waals surface area contributed by atoms with Crippen LogP contribution < -0.4 is 5.32 Å². The Morgan fingerprint density at radius 1 is 1.43 bits per heavy atom. The zero-order chi connectivity index (χ0) is 15.3. The van der Waals surface area contributed by atoms with Crippen molar-refractivity contribution in [2.75, 3.05) is 19.7 Å². The SMILES string of the molecule is CCCC(OCC)c1noc(C(C)(C)C2CCCNC2)n1. The molecule has 1 aromatic heterocycles. The largest absolute Gasteiger partial charge is 0.370 e. The number of nitrogens with one attached hydrogen (secondary N) is 1. The molecule has 1 aliphatic heterocycles. The second-order valence-corrected chi connectivity index (χ2v) is 6.46. The molecule has 1 N–H and O–H groups in total. The molecule has 1 aliphatic rings. The van der Waals surface area contributed by atoms with Gasteiger partial charge in [0.1, 0.15) is 6.10 Å². The smallest absolute Gasteiger partial charge is 0.232 e. The highest BCUT2D eigenvalue weighted by molar-refractivity contribution is 5.06. The summed E-state index contributed by atoms with van der Waals surface area (Å²) in [6, 6.07) is 0. The highest BCUT2D eigenvalue weighted by Crippen LogP contribution is 2.35. The van der Waals surface area contributed by atoms with E-state index in [-0.39, 0.29) is 11.5 Å². The topological polar surface area (TPSA) is 60.2 Å². The fourth-order valence-electron chi connectivity index (χ4n) is 3.02. The summed E-state index contributed by atoms with van der Waals surface area (Å²) in [6.07, 6.45) is 4.36. The lowest BCUT2D eigenvalue weighted by atomic mass is 9.75. The molecule has 2 rings (SSSR count). The van der Waals surface area contributed by atoms with Crippen LogP contribution in [0.15, 0.2) is 4.52 Å². The predicted molar refractivity (Wildman–Crippen MR) is 82.2 cm³/mol. The molecule has 2 heterocycles. The van der Waals surface area contributed by atoms with Crippen molar-refractivity contribution in [3.63, 3.8) is 0 Å². The van der Waals surface area contributed by atoms with E-state index in [9.17, 15) is 0 Å². The van der Waals surface area contributed by atoms with Crippen molar-refractivity contribution < 1.29 is 9.26 Å². The first-order chi connectivity index (χ1) is 10.1. The maximum Gasteiger partial charge on any atom is 0.232 e. The van der Waals surface area contributed by atoms with E-state index in [2.05, 4.69) is 36.2 Å². The number of aromatic nitrogens is 2. The molecule has 0 aromatic carbocycles. The Hall–Kier alpha value is -0.940. The third kappa shape index (κ3) is 3.83. The van der Waals surface area contributed by atoms with Crippen LogP contribution in [0, 0.1) is 5.92 Å². The Kier molecular flexibility index (Phi) is 5.76. The average molecular weight is 295 g/mol. The lowest BCUT2D eigenvalue weighted by Gasteiger charge is -2.34. The number of rotatable bonds is 7. The molecule has 120 valence electrons. The minimum absolute atomic E-state index is 0.0437. The lowest BCUT2D eigenvalue weighted by Crippen LogP contribution is -2.41. The molecular weight excluding hydrogens is 266 g/mol. The fourth-order valence-corrected chi connectivity index (χ4v) is 3.02. The van der Waals surface area contributed by atoms with Crippen molar-refractivity contribution in [1.82, 2.24) is 15.5 Å². The molecule has 2 atom stereocenters. The van der Waals surface area contributed by atoms with E-state index in [0.717, 1.165) is 31.8 Å². The fraction of sp³-hybridized carbons (Fsp3) is 0.875. The van der Waals surface area contributed by atoms with Gasteiger partial charge in [-0.05, 0) is 45.2 Å². The summed E-state index contributed by atoms with van der Waals surface area (Å²) in [5.74, 6) is 1.98. The Bertz CT molecular complexity index is 419. The van der Waals surface area contributed by atoms with Gasteiger partial charge in [-0.25, -0.2) is 0 Å². The quantitative estimate of drug-likeness (QED) is 0.837. The highest BCUT2D eigenvalue weighted by atomic mass is 16.5. The number of nitrogens with zero attached hydrogens (tertiary/aromatic N) is 2. The van der Waals surface area contributed by atoms with Gasteiger partial charge in [-0.1, -0.05) is 32.3 Å². The lowest BCUT2D eigenvalue weighted by molar-refractivity contribution is 0.0477. The van der Waals surface area contributed by atoms with Gasteiger partial charge in [-0.2, -0.15) is 4.98 Å². The monoisotopic (exact) mass is 295 g/mol. The summed E-state index contributed by atoms with van der Waals surface area (Å²) in [5, 5.41) is 7.65. The van der Waals surface area contributed by atoms with Crippen molar-refractivity contribution in [1.29, 1.82) is 0 Å². The molecule has 21 heavy (non-hydrogen) atoms. The number of hydrogen-bond donors (Lipinski definition) is 1. The van der Waals surface area contributed by atoms with E-state index in [1.807, 2.05) is 6.92 Å². The molecule has 0 radical (unpaired) electrons. The van der Waals surface area contributed by atoms with Crippen LogP contribution in [-0.4, -0.2) is 29.8 Å². The van der Waals surface area contributed by atoms with E-state index < -0.39 is 0 Å². The zero-order valence-corrected chi connectivity index (χ0v) is 13.8. The van der Waals surface area contributed by atoms with Gasteiger partial charge in [0.15, 0.2) is 0 Å². The van der Waals surface area contributed by atoms with E-state index in [0.29, 0.717) is 18.3 Å². The van der Waals surface area contributed by atoms with Gasteiger partial charge in [-0.3, -0.25) is 0 Å². The molecule has 0 aliphatic carbocycles. The number of hydrogen-bond acceptors (Lipinski definition) is 5. The second-order valence-electron chi connectivity index (χ2n) is 6.46. The Morgan fingerprint density at radius 3 is 2.86 bits per heavy atom. The van der Waals surface area contributed by atoms with Crippen molar-refractivity contribution in [2.24, 2.45) is 5.92 Å². The van der Waals surface area contributed by atoms with Crippen LogP contribution in [0.1, 0.15) is 71.2 Å². The Morgan fingerprint density at radius 2 is 2.24 bits per heavy atom. The molecule has 0 amide bonds. The first-order valence-corrected chi connectivity index (χ1v) is 8.26. The summed E-state index contributed by atoms with van der Waals surface area (Å²) in [7, 11) is 0. The molecule has 0 saturated carbocycles. The minimum atomic E-state index is -0.0956. The second kappa shape index (κ2) is 7.36. The minimum Gasteiger partial charge on any atom is -0.370 e.